The number of hydrogen-bond donors (Lipinski definition) is 0. The number of benzene rings is 3. The van der Waals surface area contributed by atoms with E-state index >= 15 is 0 Å². The molecule has 0 spiro atoms. The van der Waals surface area contributed by atoms with E-state index < -0.39 is 0 Å². The molecule has 0 aliphatic carbocycles. The third kappa shape index (κ3) is 5.49. The van der Waals surface area contributed by atoms with Crippen LogP contribution in [0.5, 0.6) is 5.75 Å². The zero-order valence-electron chi connectivity index (χ0n) is 19.7. The Balaban J connectivity index is 1.13. The maximum atomic E-state index is 12.8. The zero-order valence-corrected chi connectivity index (χ0v) is 20.5. The summed E-state index contributed by atoms with van der Waals surface area (Å²) in [6.07, 6.45) is 0. The average molecular weight is 489 g/mol. The van der Waals surface area contributed by atoms with E-state index in [9.17, 15) is 4.79 Å². The van der Waals surface area contributed by atoms with Crippen molar-refractivity contribution in [3.63, 3.8) is 0 Å². The zero-order chi connectivity index (χ0) is 24.0. The van der Waals surface area contributed by atoms with Gasteiger partial charge in [-0.2, -0.15) is 0 Å². The summed E-state index contributed by atoms with van der Waals surface area (Å²) in [4.78, 5) is 17.1. The van der Waals surface area contributed by atoms with E-state index in [1.165, 1.54) is 28.1 Å². The van der Waals surface area contributed by atoms with Gasteiger partial charge in [0.2, 0.25) is 5.91 Å². The molecule has 0 bridgehead atoms. The van der Waals surface area contributed by atoms with Crippen LogP contribution < -0.4 is 4.74 Å². The van der Waals surface area contributed by atoms with Gasteiger partial charge in [-0.05, 0) is 35.4 Å². The first-order chi connectivity index (χ1) is 17.2. The summed E-state index contributed by atoms with van der Waals surface area (Å²) in [5.74, 6) is 1.46. The van der Waals surface area contributed by atoms with Gasteiger partial charge in [-0.1, -0.05) is 66.4 Å². The van der Waals surface area contributed by atoms with Crippen molar-refractivity contribution in [2.45, 2.75) is 18.7 Å². The predicted molar refractivity (Wildman–Crippen MR) is 137 cm³/mol. The first kappa shape index (κ1) is 23.4. The van der Waals surface area contributed by atoms with Gasteiger partial charge in [0.1, 0.15) is 5.75 Å². The lowest BCUT2D eigenvalue weighted by atomic mass is 10.0. The van der Waals surface area contributed by atoms with Gasteiger partial charge in [0, 0.05) is 32.7 Å². The number of ether oxygens (including phenoxy) is 1. The lowest BCUT2D eigenvalue weighted by Gasteiger charge is -2.34. The van der Waals surface area contributed by atoms with Crippen molar-refractivity contribution in [2.75, 3.05) is 38.5 Å². The highest BCUT2D eigenvalue weighted by Crippen LogP contribution is 2.30. The molecule has 0 atom stereocenters. The van der Waals surface area contributed by atoms with Crippen molar-refractivity contribution >= 4 is 28.4 Å². The number of nitrogens with zero attached hydrogens (tertiary/aromatic N) is 4. The highest BCUT2D eigenvalue weighted by Gasteiger charge is 2.22. The van der Waals surface area contributed by atoms with Gasteiger partial charge in [-0.25, -0.2) is 0 Å². The van der Waals surface area contributed by atoms with Gasteiger partial charge in [0.15, 0.2) is 0 Å². The molecule has 3 aromatic carbocycles. The van der Waals surface area contributed by atoms with Crippen molar-refractivity contribution in [1.29, 1.82) is 0 Å². The highest BCUT2D eigenvalue weighted by molar-refractivity contribution is 7.99. The molecule has 1 aliphatic heterocycles. The smallest absolute Gasteiger partial charge is 0.277 e. The summed E-state index contributed by atoms with van der Waals surface area (Å²) in [5, 5.41) is 11.2. The number of carbonyl (C=O) groups is 1. The summed E-state index contributed by atoms with van der Waals surface area (Å²) >= 11 is 1.28. The fourth-order valence-electron chi connectivity index (χ4n) is 4.34. The third-order valence-corrected chi connectivity index (χ3v) is 6.94. The van der Waals surface area contributed by atoms with Gasteiger partial charge >= 0.3 is 0 Å². The number of hydrogen-bond acceptors (Lipinski definition) is 7. The Morgan fingerprint density at radius 3 is 2.60 bits per heavy atom. The fourth-order valence-corrected chi connectivity index (χ4v) is 5.01. The molecular formula is C27H28N4O3S. The first-order valence-electron chi connectivity index (χ1n) is 11.9. The van der Waals surface area contributed by atoms with Crippen molar-refractivity contribution in [3.05, 3.63) is 72.3 Å². The molecule has 4 aromatic rings. The van der Waals surface area contributed by atoms with Crippen LogP contribution in [-0.4, -0.2) is 64.4 Å². The second-order valence-corrected chi connectivity index (χ2v) is 9.31. The van der Waals surface area contributed by atoms with E-state index in [1.54, 1.807) is 0 Å². The molecule has 8 heteroatoms. The standard InChI is InChI=1S/C27H28N4O3S/c1-2-33-24-13-6-5-12-23(24)26-28-29-27(34-26)35-19-25(32)31-16-14-30(15-17-31)18-21-10-7-9-20-8-3-4-11-22(20)21/h3-13H,2,14-19H2,1H3. The molecule has 1 aromatic heterocycles. The molecule has 2 heterocycles. The Kier molecular flexibility index (Phi) is 7.30. The Morgan fingerprint density at radius 2 is 1.74 bits per heavy atom. The summed E-state index contributed by atoms with van der Waals surface area (Å²) in [6.45, 7) is 6.54. The van der Waals surface area contributed by atoms with E-state index in [-0.39, 0.29) is 11.7 Å². The molecule has 0 unspecified atom stereocenters. The van der Waals surface area contributed by atoms with E-state index in [2.05, 4.69) is 57.6 Å². The summed E-state index contributed by atoms with van der Waals surface area (Å²) in [6, 6.07) is 22.5. The second-order valence-electron chi connectivity index (χ2n) is 8.39. The highest BCUT2D eigenvalue weighted by atomic mass is 32.2. The van der Waals surface area contributed by atoms with Crippen LogP contribution in [-0.2, 0) is 11.3 Å². The molecule has 180 valence electrons. The number of rotatable bonds is 8. The van der Waals surface area contributed by atoms with Crippen molar-refractivity contribution in [3.8, 4) is 17.2 Å². The largest absolute Gasteiger partial charge is 0.493 e. The van der Waals surface area contributed by atoms with Crippen LogP contribution in [0.25, 0.3) is 22.2 Å². The topological polar surface area (TPSA) is 71.7 Å². The average Bonchev–Trinajstić information content (AvgIpc) is 3.37. The normalized spacial score (nSPS) is 14.4. The lowest BCUT2D eigenvalue weighted by Crippen LogP contribution is -2.48. The number of thioether (sulfide) groups is 1. The molecule has 35 heavy (non-hydrogen) atoms. The molecule has 0 radical (unpaired) electrons. The van der Waals surface area contributed by atoms with Crippen LogP contribution in [0.3, 0.4) is 0 Å². The summed E-state index contributed by atoms with van der Waals surface area (Å²) in [5.41, 5.74) is 2.08. The quantitative estimate of drug-likeness (QED) is 0.332. The van der Waals surface area contributed by atoms with Crippen LogP contribution in [0, 0.1) is 0 Å². The minimum absolute atomic E-state index is 0.0919. The van der Waals surface area contributed by atoms with Gasteiger partial charge < -0.3 is 14.1 Å². The molecule has 1 saturated heterocycles. The Morgan fingerprint density at radius 1 is 0.971 bits per heavy atom. The minimum atomic E-state index is 0.0919. The maximum Gasteiger partial charge on any atom is 0.277 e. The molecule has 0 saturated carbocycles. The number of carbonyl (C=O) groups excluding carboxylic acids is 1. The third-order valence-electron chi connectivity index (χ3n) is 6.14. The van der Waals surface area contributed by atoms with Crippen LogP contribution >= 0.6 is 11.8 Å². The molecule has 1 amide bonds. The van der Waals surface area contributed by atoms with Crippen LogP contribution in [0.15, 0.2) is 76.4 Å². The van der Waals surface area contributed by atoms with E-state index in [4.69, 9.17) is 9.15 Å². The van der Waals surface area contributed by atoms with Crippen molar-refractivity contribution in [2.24, 2.45) is 0 Å². The van der Waals surface area contributed by atoms with Crippen LogP contribution in [0.2, 0.25) is 0 Å². The number of piperazine rings is 1. The Hall–Kier alpha value is -3.36. The Bertz CT molecular complexity index is 1300. The molecule has 1 fully saturated rings. The summed E-state index contributed by atoms with van der Waals surface area (Å²) < 4.78 is 11.4. The second kappa shape index (κ2) is 10.9. The number of aromatic nitrogens is 2. The summed E-state index contributed by atoms with van der Waals surface area (Å²) in [7, 11) is 0. The van der Waals surface area contributed by atoms with E-state index in [1.807, 2.05) is 36.1 Å². The molecule has 7 nitrogen and oxygen atoms in total. The molecular weight excluding hydrogens is 460 g/mol. The number of amides is 1. The maximum absolute atomic E-state index is 12.8. The van der Waals surface area contributed by atoms with Crippen LogP contribution in [0.1, 0.15) is 12.5 Å². The van der Waals surface area contributed by atoms with Gasteiger partial charge in [-0.3, -0.25) is 9.69 Å². The predicted octanol–water partition coefficient (Wildman–Crippen LogP) is 4.73. The van der Waals surface area contributed by atoms with Gasteiger partial charge in [-0.15, -0.1) is 10.2 Å². The SMILES string of the molecule is CCOc1ccccc1-c1nnc(SCC(=O)N2CCN(Cc3cccc4ccccc34)CC2)o1. The monoisotopic (exact) mass is 488 g/mol. The molecule has 5 rings (SSSR count). The van der Waals surface area contributed by atoms with Crippen molar-refractivity contribution < 1.29 is 13.9 Å². The van der Waals surface area contributed by atoms with E-state index in [0.29, 0.717) is 23.5 Å². The molecule has 1 aliphatic rings. The first-order valence-corrected chi connectivity index (χ1v) is 12.8. The number of fused-ring (bicyclic) bond motifs is 1. The number of para-hydroxylation sites is 1. The van der Waals surface area contributed by atoms with E-state index in [0.717, 1.165) is 38.3 Å². The van der Waals surface area contributed by atoms with Gasteiger partial charge in [0.25, 0.3) is 11.1 Å². The van der Waals surface area contributed by atoms with Crippen LogP contribution in [0.4, 0.5) is 0 Å². The lowest BCUT2D eigenvalue weighted by molar-refractivity contribution is -0.130. The van der Waals surface area contributed by atoms with Gasteiger partial charge in [0.05, 0.1) is 17.9 Å². The molecule has 0 N–H and O–H groups in total. The van der Waals surface area contributed by atoms with Crippen molar-refractivity contribution in [1.82, 2.24) is 20.0 Å². The minimum Gasteiger partial charge on any atom is -0.493 e. The fraction of sp³-hybridized carbons (Fsp3) is 0.296. The Labute approximate surface area is 209 Å².